The van der Waals surface area contributed by atoms with Gasteiger partial charge in [-0.3, -0.25) is 10.1 Å². The number of fused-ring (bicyclic) bond motifs is 1. The van der Waals surface area contributed by atoms with E-state index < -0.39 is 6.36 Å². The zero-order chi connectivity index (χ0) is 23.6. The van der Waals surface area contributed by atoms with Crippen molar-refractivity contribution in [1.29, 1.82) is 0 Å². The number of hydrogen-bond donors (Lipinski definition) is 1. The van der Waals surface area contributed by atoms with Gasteiger partial charge in [-0.2, -0.15) is 0 Å². The molecule has 4 rings (SSSR count). The first kappa shape index (κ1) is 22.6. The number of hydrogen-bond acceptors (Lipinski definition) is 5. The van der Waals surface area contributed by atoms with Crippen molar-refractivity contribution in [1.82, 2.24) is 4.98 Å². The molecule has 170 valence electrons. The second kappa shape index (κ2) is 9.11. The molecule has 1 amide bonds. The van der Waals surface area contributed by atoms with E-state index >= 15 is 0 Å². The van der Waals surface area contributed by atoms with Crippen molar-refractivity contribution >= 4 is 32.6 Å². The molecule has 0 bridgehead atoms. The number of aromatic nitrogens is 1. The van der Waals surface area contributed by atoms with Crippen LogP contribution in [0.25, 0.3) is 21.3 Å². The molecule has 0 fully saturated rings. The minimum absolute atomic E-state index is 0.305. The van der Waals surface area contributed by atoms with Crippen molar-refractivity contribution in [3.63, 3.8) is 0 Å². The lowest BCUT2D eigenvalue weighted by Gasteiger charge is -2.12. The van der Waals surface area contributed by atoms with Crippen molar-refractivity contribution < 1.29 is 27.4 Å². The fraction of sp³-hybridized carbons (Fsp3) is 0.167. The number of carbonyl (C=O) groups is 1. The lowest BCUT2D eigenvalue weighted by molar-refractivity contribution is -0.274. The van der Waals surface area contributed by atoms with Gasteiger partial charge in [0.25, 0.3) is 5.91 Å². The maximum Gasteiger partial charge on any atom is 0.573 e. The Balaban J connectivity index is 1.56. The van der Waals surface area contributed by atoms with Crippen molar-refractivity contribution in [3.05, 3.63) is 71.8 Å². The van der Waals surface area contributed by atoms with Crippen LogP contribution in [0.2, 0.25) is 0 Å². The molecule has 0 radical (unpaired) electrons. The van der Waals surface area contributed by atoms with E-state index in [-0.39, 0.29) is 11.7 Å². The van der Waals surface area contributed by atoms with Gasteiger partial charge in [0, 0.05) is 5.56 Å². The molecule has 0 aliphatic rings. The van der Waals surface area contributed by atoms with Crippen LogP contribution < -0.4 is 14.8 Å². The summed E-state index contributed by atoms with van der Waals surface area (Å²) >= 11 is 1.34. The van der Waals surface area contributed by atoms with Crippen LogP contribution in [0, 0.1) is 6.92 Å². The first-order valence-electron chi connectivity index (χ1n) is 10.0. The molecular formula is C24H19F3N2O3S. The quantitative estimate of drug-likeness (QED) is 0.334. The highest BCUT2D eigenvalue weighted by atomic mass is 32.1. The van der Waals surface area contributed by atoms with Crippen LogP contribution in [0.15, 0.2) is 60.7 Å². The number of halogens is 3. The van der Waals surface area contributed by atoms with E-state index in [1.54, 1.807) is 25.1 Å². The van der Waals surface area contributed by atoms with Gasteiger partial charge in [-0.15, -0.1) is 13.2 Å². The Bertz CT molecular complexity index is 1300. The van der Waals surface area contributed by atoms with E-state index in [0.29, 0.717) is 28.4 Å². The smallest absolute Gasteiger partial charge is 0.494 e. The summed E-state index contributed by atoms with van der Waals surface area (Å²) in [6.07, 6.45) is -4.75. The highest BCUT2D eigenvalue weighted by Crippen LogP contribution is 2.32. The van der Waals surface area contributed by atoms with Crippen LogP contribution in [0.4, 0.5) is 18.3 Å². The number of rotatable bonds is 6. The van der Waals surface area contributed by atoms with Gasteiger partial charge in [0.05, 0.1) is 16.8 Å². The molecule has 5 nitrogen and oxygen atoms in total. The van der Waals surface area contributed by atoms with E-state index in [1.165, 1.54) is 35.6 Å². The maximum absolute atomic E-state index is 13.0. The van der Waals surface area contributed by atoms with Crippen molar-refractivity contribution in [2.24, 2.45) is 0 Å². The Morgan fingerprint density at radius 1 is 1.06 bits per heavy atom. The molecule has 0 unspecified atom stereocenters. The molecule has 9 heteroatoms. The average Bonchev–Trinajstić information content (AvgIpc) is 3.15. The Morgan fingerprint density at radius 3 is 2.48 bits per heavy atom. The molecule has 4 aromatic rings. The van der Waals surface area contributed by atoms with E-state index in [9.17, 15) is 18.0 Å². The largest absolute Gasteiger partial charge is 0.573 e. The molecule has 0 saturated heterocycles. The highest BCUT2D eigenvalue weighted by molar-refractivity contribution is 7.22. The third-order valence-corrected chi connectivity index (χ3v) is 5.80. The number of alkyl halides is 3. The number of anilines is 1. The van der Waals surface area contributed by atoms with Crippen LogP contribution >= 0.6 is 11.3 Å². The number of nitrogens with one attached hydrogen (secondary N) is 1. The first-order valence-corrected chi connectivity index (χ1v) is 10.9. The number of amides is 1. The zero-order valence-electron chi connectivity index (χ0n) is 17.7. The molecule has 0 saturated carbocycles. The fourth-order valence-corrected chi connectivity index (χ4v) is 4.30. The van der Waals surface area contributed by atoms with Gasteiger partial charge >= 0.3 is 6.36 Å². The Morgan fingerprint density at radius 2 is 1.79 bits per heavy atom. The van der Waals surface area contributed by atoms with Gasteiger partial charge in [-0.05, 0) is 66.9 Å². The van der Waals surface area contributed by atoms with E-state index in [1.807, 2.05) is 25.1 Å². The molecule has 33 heavy (non-hydrogen) atoms. The molecular weight excluding hydrogens is 453 g/mol. The summed E-state index contributed by atoms with van der Waals surface area (Å²) in [5, 5.41) is 3.30. The standard InChI is InChI=1S/C24H19F3N2O3S/c1-3-31-17-11-12-20-21(13-17)33-23(28-20)29-22(30)19-6-4-5-18(14(19)2)15-7-9-16(10-8-15)32-24(25,26)27/h4-13H,3H2,1-2H3,(H,28,29,30). The first-order chi connectivity index (χ1) is 15.7. The predicted octanol–water partition coefficient (Wildman–Crippen LogP) is 6.82. The normalized spacial score (nSPS) is 11.4. The van der Waals surface area contributed by atoms with Crippen LogP contribution in [-0.2, 0) is 0 Å². The lowest BCUT2D eigenvalue weighted by Crippen LogP contribution is -2.17. The van der Waals surface area contributed by atoms with Gasteiger partial charge in [0.2, 0.25) is 0 Å². The Labute approximate surface area is 191 Å². The minimum Gasteiger partial charge on any atom is -0.494 e. The van der Waals surface area contributed by atoms with Gasteiger partial charge in [0.15, 0.2) is 5.13 Å². The number of benzene rings is 3. The average molecular weight is 472 g/mol. The summed E-state index contributed by atoms with van der Waals surface area (Å²) in [7, 11) is 0. The zero-order valence-corrected chi connectivity index (χ0v) is 18.5. The van der Waals surface area contributed by atoms with E-state index in [0.717, 1.165) is 21.5 Å². The molecule has 1 heterocycles. The molecule has 0 aliphatic heterocycles. The summed E-state index contributed by atoms with van der Waals surface area (Å²) in [6.45, 7) is 4.25. The van der Waals surface area contributed by atoms with Crippen molar-refractivity contribution in [3.8, 4) is 22.6 Å². The SMILES string of the molecule is CCOc1ccc2nc(NC(=O)c3cccc(-c4ccc(OC(F)(F)F)cc4)c3C)sc2c1. The third-order valence-electron chi connectivity index (χ3n) is 4.87. The number of nitrogens with zero attached hydrogens (tertiary/aromatic N) is 1. The van der Waals surface area contributed by atoms with Gasteiger partial charge in [0.1, 0.15) is 11.5 Å². The minimum atomic E-state index is -4.75. The van der Waals surface area contributed by atoms with Crippen molar-refractivity contribution in [2.45, 2.75) is 20.2 Å². The number of carbonyl (C=O) groups excluding carboxylic acids is 1. The second-order valence-corrected chi connectivity index (χ2v) is 8.12. The van der Waals surface area contributed by atoms with Gasteiger partial charge in [-0.1, -0.05) is 35.6 Å². The Kier molecular flexibility index (Phi) is 6.24. The Hall–Kier alpha value is -3.59. The molecule has 0 spiro atoms. The van der Waals surface area contributed by atoms with E-state index in [2.05, 4.69) is 15.0 Å². The van der Waals surface area contributed by atoms with Crippen molar-refractivity contribution in [2.75, 3.05) is 11.9 Å². The van der Waals surface area contributed by atoms with E-state index in [4.69, 9.17) is 4.74 Å². The maximum atomic E-state index is 13.0. The summed E-state index contributed by atoms with van der Waals surface area (Å²) in [5.74, 6) is 0.110. The van der Waals surface area contributed by atoms with Crippen LogP contribution in [0.3, 0.4) is 0 Å². The topological polar surface area (TPSA) is 60.5 Å². The molecule has 0 atom stereocenters. The summed E-state index contributed by atoms with van der Waals surface area (Å²) < 4.78 is 47.5. The highest BCUT2D eigenvalue weighted by Gasteiger charge is 2.31. The van der Waals surface area contributed by atoms with Gasteiger partial charge < -0.3 is 9.47 Å². The lowest BCUT2D eigenvalue weighted by atomic mass is 9.96. The number of ether oxygens (including phenoxy) is 2. The molecule has 1 N–H and O–H groups in total. The summed E-state index contributed by atoms with van der Waals surface area (Å²) in [5.41, 5.74) is 3.29. The van der Waals surface area contributed by atoms with Crippen LogP contribution in [-0.4, -0.2) is 23.9 Å². The summed E-state index contributed by atoms with van der Waals surface area (Å²) in [4.78, 5) is 17.4. The third kappa shape index (κ3) is 5.25. The summed E-state index contributed by atoms with van der Waals surface area (Å²) in [6, 6.07) is 16.3. The number of thiazole rings is 1. The predicted molar refractivity (Wildman–Crippen MR) is 122 cm³/mol. The monoisotopic (exact) mass is 472 g/mol. The second-order valence-electron chi connectivity index (χ2n) is 7.09. The van der Waals surface area contributed by atoms with Crippen LogP contribution in [0.1, 0.15) is 22.8 Å². The molecule has 1 aromatic heterocycles. The van der Waals surface area contributed by atoms with Crippen LogP contribution in [0.5, 0.6) is 11.5 Å². The molecule has 3 aromatic carbocycles. The van der Waals surface area contributed by atoms with Gasteiger partial charge in [-0.25, -0.2) is 4.98 Å². The molecule has 0 aliphatic carbocycles. The fourth-order valence-electron chi connectivity index (χ4n) is 3.41.